The molecule has 102 valence electrons. The summed E-state index contributed by atoms with van der Waals surface area (Å²) in [7, 11) is 0. The predicted molar refractivity (Wildman–Crippen MR) is 71.2 cm³/mol. The van der Waals surface area contributed by atoms with Gasteiger partial charge < -0.3 is 11.1 Å². The van der Waals surface area contributed by atoms with Gasteiger partial charge in [0.05, 0.1) is 0 Å². The lowest BCUT2D eigenvalue weighted by Crippen LogP contribution is -2.52. The standard InChI is InChI=1S/C15H19FN2O/c16-12-4-1-3-11(9-12)13(19)18-15-6-2-5-14(17,10-15)7-8-15/h1,3-4,9H,2,5-8,10,17H2,(H,18,19). The zero-order chi connectivity index (χ0) is 13.5. The van der Waals surface area contributed by atoms with Gasteiger partial charge in [0.15, 0.2) is 0 Å². The smallest absolute Gasteiger partial charge is 0.251 e. The first-order valence-corrected chi connectivity index (χ1v) is 6.87. The molecule has 3 N–H and O–H groups in total. The monoisotopic (exact) mass is 262 g/mol. The number of carbonyl (C=O) groups is 1. The van der Waals surface area contributed by atoms with Gasteiger partial charge in [-0.1, -0.05) is 6.07 Å². The van der Waals surface area contributed by atoms with Crippen LogP contribution in [-0.4, -0.2) is 17.0 Å². The van der Waals surface area contributed by atoms with Crippen molar-refractivity contribution >= 4 is 5.91 Å². The molecule has 2 aliphatic rings. The number of amides is 1. The number of fused-ring (bicyclic) bond motifs is 2. The van der Waals surface area contributed by atoms with Crippen molar-refractivity contribution in [1.82, 2.24) is 5.32 Å². The Kier molecular flexibility index (Phi) is 2.86. The molecule has 4 heteroatoms. The molecule has 0 spiro atoms. The molecular weight excluding hydrogens is 243 g/mol. The Morgan fingerprint density at radius 1 is 1.26 bits per heavy atom. The van der Waals surface area contributed by atoms with E-state index in [0.29, 0.717) is 5.56 Å². The fraction of sp³-hybridized carbons (Fsp3) is 0.533. The van der Waals surface area contributed by atoms with Gasteiger partial charge in [-0.3, -0.25) is 4.79 Å². The third-order valence-electron chi connectivity index (χ3n) is 4.59. The van der Waals surface area contributed by atoms with Gasteiger partial charge in [-0.15, -0.1) is 0 Å². The van der Waals surface area contributed by atoms with E-state index in [0.717, 1.165) is 38.5 Å². The van der Waals surface area contributed by atoms with E-state index in [9.17, 15) is 9.18 Å². The highest BCUT2D eigenvalue weighted by Crippen LogP contribution is 2.46. The van der Waals surface area contributed by atoms with Gasteiger partial charge >= 0.3 is 0 Å². The van der Waals surface area contributed by atoms with Crippen LogP contribution in [0, 0.1) is 5.82 Å². The van der Waals surface area contributed by atoms with Crippen molar-refractivity contribution in [2.75, 3.05) is 0 Å². The van der Waals surface area contributed by atoms with E-state index >= 15 is 0 Å². The molecule has 1 aromatic rings. The Hall–Kier alpha value is -1.42. The van der Waals surface area contributed by atoms with Crippen molar-refractivity contribution < 1.29 is 9.18 Å². The number of halogens is 1. The summed E-state index contributed by atoms with van der Waals surface area (Å²) in [4.78, 5) is 12.2. The third kappa shape index (κ3) is 2.37. The van der Waals surface area contributed by atoms with Gasteiger partial charge in [-0.05, 0) is 56.7 Å². The molecule has 3 rings (SSSR count). The average Bonchev–Trinajstić information content (AvgIpc) is 2.59. The normalized spacial score (nSPS) is 33.2. The Bertz CT molecular complexity index is 519. The minimum absolute atomic E-state index is 0.104. The zero-order valence-electron chi connectivity index (χ0n) is 10.9. The minimum Gasteiger partial charge on any atom is -0.347 e. The molecule has 0 aliphatic heterocycles. The molecule has 19 heavy (non-hydrogen) atoms. The van der Waals surface area contributed by atoms with Gasteiger partial charge in [-0.25, -0.2) is 4.39 Å². The maximum Gasteiger partial charge on any atom is 0.251 e. The maximum absolute atomic E-state index is 13.2. The summed E-state index contributed by atoms with van der Waals surface area (Å²) < 4.78 is 13.2. The van der Waals surface area contributed by atoms with Gasteiger partial charge in [0.2, 0.25) is 0 Å². The second-order valence-corrected chi connectivity index (χ2v) is 6.14. The van der Waals surface area contributed by atoms with Crippen molar-refractivity contribution in [3.05, 3.63) is 35.6 Å². The largest absolute Gasteiger partial charge is 0.347 e. The number of hydrogen-bond donors (Lipinski definition) is 2. The van der Waals surface area contributed by atoms with E-state index in [1.54, 1.807) is 12.1 Å². The molecular formula is C15H19FN2O. The highest BCUT2D eigenvalue weighted by atomic mass is 19.1. The van der Waals surface area contributed by atoms with Crippen molar-refractivity contribution in [1.29, 1.82) is 0 Å². The molecule has 2 fully saturated rings. The molecule has 2 saturated carbocycles. The van der Waals surface area contributed by atoms with Crippen molar-refractivity contribution in [2.45, 2.75) is 49.6 Å². The van der Waals surface area contributed by atoms with E-state index in [1.807, 2.05) is 0 Å². The van der Waals surface area contributed by atoms with Crippen LogP contribution in [0.25, 0.3) is 0 Å². The van der Waals surface area contributed by atoms with E-state index in [2.05, 4.69) is 5.32 Å². The number of benzene rings is 1. The van der Waals surface area contributed by atoms with Gasteiger partial charge in [0.25, 0.3) is 5.91 Å². The summed E-state index contributed by atoms with van der Waals surface area (Å²) >= 11 is 0. The second-order valence-electron chi connectivity index (χ2n) is 6.14. The predicted octanol–water partition coefficient (Wildman–Crippen LogP) is 2.36. The van der Waals surface area contributed by atoms with Gasteiger partial charge in [0.1, 0.15) is 5.82 Å². The quantitative estimate of drug-likeness (QED) is 0.859. The van der Waals surface area contributed by atoms with Crippen LogP contribution in [0.5, 0.6) is 0 Å². The number of rotatable bonds is 2. The molecule has 0 aromatic heterocycles. The molecule has 1 aromatic carbocycles. The minimum atomic E-state index is -0.381. The molecule has 3 nitrogen and oxygen atoms in total. The van der Waals surface area contributed by atoms with Crippen molar-refractivity contribution in [3.8, 4) is 0 Å². The van der Waals surface area contributed by atoms with E-state index in [-0.39, 0.29) is 22.8 Å². The van der Waals surface area contributed by atoms with Crippen molar-refractivity contribution in [2.24, 2.45) is 5.73 Å². The van der Waals surface area contributed by atoms with Crippen LogP contribution in [0.15, 0.2) is 24.3 Å². The zero-order valence-corrected chi connectivity index (χ0v) is 10.9. The summed E-state index contributed by atoms with van der Waals surface area (Å²) in [6.45, 7) is 0. The fourth-order valence-electron chi connectivity index (χ4n) is 3.66. The Balaban J connectivity index is 1.77. The van der Waals surface area contributed by atoms with Crippen molar-refractivity contribution in [3.63, 3.8) is 0 Å². The topological polar surface area (TPSA) is 55.1 Å². The first-order chi connectivity index (χ1) is 9.00. The molecule has 2 aliphatic carbocycles. The fourth-order valence-corrected chi connectivity index (χ4v) is 3.66. The molecule has 2 atom stereocenters. The molecule has 0 saturated heterocycles. The molecule has 0 radical (unpaired) electrons. The summed E-state index contributed by atoms with van der Waals surface area (Å²) in [5.41, 5.74) is 6.42. The molecule has 0 heterocycles. The summed E-state index contributed by atoms with van der Waals surface area (Å²) in [6.07, 6.45) is 5.83. The highest BCUT2D eigenvalue weighted by Gasteiger charge is 2.49. The third-order valence-corrected chi connectivity index (χ3v) is 4.59. The molecule has 2 bridgehead atoms. The van der Waals surface area contributed by atoms with Crippen LogP contribution in [0.4, 0.5) is 4.39 Å². The lowest BCUT2D eigenvalue weighted by atomic mass is 9.79. The van der Waals surface area contributed by atoms with Crippen LogP contribution in [0.3, 0.4) is 0 Å². The Morgan fingerprint density at radius 2 is 2.11 bits per heavy atom. The average molecular weight is 262 g/mol. The lowest BCUT2D eigenvalue weighted by Gasteiger charge is -2.38. The summed E-state index contributed by atoms with van der Waals surface area (Å²) in [6, 6.07) is 5.82. The van der Waals surface area contributed by atoms with Crippen LogP contribution in [-0.2, 0) is 0 Å². The van der Waals surface area contributed by atoms with Gasteiger partial charge in [-0.2, -0.15) is 0 Å². The number of nitrogens with two attached hydrogens (primary N) is 1. The highest BCUT2D eigenvalue weighted by molar-refractivity contribution is 5.94. The number of hydrogen-bond acceptors (Lipinski definition) is 2. The van der Waals surface area contributed by atoms with Gasteiger partial charge in [0, 0.05) is 16.6 Å². The van der Waals surface area contributed by atoms with Crippen LogP contribution < -0.4 is 11.1 Å². The first-order valence-electron chi connectivity index (χ1n) is 6.87. The number of carbonyl (C=O) groups excluding carboxylic acids is 1. The molecule has 2 unspecified atom stereocenters. The summed E-state index contributed by atoms with van der Waals surface area (Å²) in [5.74, 6) is -0.570. The van der Waals surface area contributed by atoms with E-state index in [4.69, 9.17) is 5.73 Å². The SMILES string of the molecule is NC12CCCC(NC(=O)c3cccc(F)c3)(CC1)C2. The molecule has 1 amide bonds. The maximum atomic E-state index is 13.2. The van der Waals surface area contributed by atoms with Crippen LogP contribution in [0.1, 0.15) is 48.9 Å². The summed E-state index contributed by atoms with van der Waals surface area (Å²) in [5, 5.41) is 3.11. The first kappa shape index (κ1) is 12.6. The second kappa shape index (κ2) is 4.30. The Morgan fingerprint density at radius 3 is 2.89 bits per heavy atom. The van der Waals surface area contributed by atoms with Crippen LogP contribution in [0.2, 0.25) is 0 Å². The lowest BCUT2D eigenvalue weighted by molar-refractivity contribution is 0.0876. The van der Waals surface area contributed by atoms with E-state index < -0.39 is 0 Å². The Labute approximate surface area is 112 Å². The van der Waals surface area contributed by atoms with E-state index in [1.165, 1.54) is 12.1 Å². The number of nitrogens with one attached hydrogen (secondary N) is 1. The van der Waals surface area contributed by atoms with Crippen LogP contribution >= 0.6 is 0 Å².